The van der Waals surface area contributed by atoms with Crippen molar-refractivity contribution in [1.29, 1.82) is 0 Å². The summed E-state index contributed by atoms with van der Waals surface area (Å²) in [6.07, 6.45) is 0. The van der Waals surface area contributed by atoms with Crippen LogP contribution in [0.5, 0.6) is 11.5 Å². The molecule has 0 unspecified atom stereocenters. The highest BCUT2D eigenvalue weighted by Crippen LogP contribution is 2.34. The Hall–Kier alpha value is -4.04. The molecule has 0 aliphatic carbocycles. The fourth-order valence-electron chi connectivity index (χ4n) is 3.25. The lowest BCUT2D eigenvalue weighted by atomic mass is 10.1. The number of methoxy groups -OCH3 is 2. The first-order valence-corrected chi connectivity index (χ1v) is 11.0. The van der Waals surface area contributed by atoms with E-state index in [1.807, 2.05) is 32.0 Å². The Morgan fingerprint density at radius 1 is 0.829 bits per heavy atom. The Balaban J connectivity index is 1.81. The van der Waals surface area contributed by atoms with Gasteiger partial charge in [0.1, 0.15) is 0 Å². The van der Waals surface area contributed by atoms with Crippen molar-refractivity contribution < 1.29 is 28.6 Å². The number of ether oxygens (including phenoxy) is 3. The molecule has 0 aliphatic rings. The number of esters is 1. The zero-order valence-corrected chi connectivity index (χ0v) is 20.5. The van der Waals surface area contributed by atoms with Crippen molar-refractivity contribution in [2.45, 2.75) is 13.8 Å². The number of nitrogens with one attached hydrogen (secondary N) is 2. The molecule has 0 spiro atoms. The number of carbonyl (C=O) groups excluding carboxylic acids is 3. The van der Waals surface area contributed by atoms with Crippen molar-refractivity contribution in [3.05, 3.63) is 81.9 Å². The summed E-state index contributed by atoms with van der Waals surface area (Å²) in [4.78, 5) is 38.1. The number of aryl methyl sites for hydroxylation is 2. The molecule has 9 heteroatoms. The summed E-state index contributed by atoms with van der Waals surface area (Å²) >= 11 is 6.12. The highest BCUT2D eigenvalue weighted by Gasteiger charge is 2.22. The number of hydrogen-bond acceptors (Lipinski definition) is 6. The molecule has 35 heavy (non-hydrogen) atoms. The van der Waals surface area contributed by atoms with Gasteiger partial charge < -0.3 is 24.8 Å². The van der Waals surface area contributed by atoms with Crippen LogP contribution in [0.15, 0.2) is 54.6 Å². The molecular formula is C26H25ClN2O6. The van der Waals surface area contributed by atoms with Crippen LogP contribution < -0.4 is 20.1 Å². The number of hydrogen-bond donors (Lipinski definition) is 2. The fourth-order valence-corrected chi connectivity index (χ4v) is 3.47. The van der Waals surface area contributed by atoms with Gasteiger partial charge in [0.2, 0.25) is 0 Å². The van der Waals surface area contributed by atoms with Gasteiger partial charge in [0, 0.05) is 17.8 Å². The van der Waals surface area contributed by atoms with Crippen molar-refractivity contribution in [1.82, 2.24) is 0 Å². The molecule has 182 valence electrons. The van der Waals surface area contributed by atoms with Gasteiger partial charge in [-0.15, -0.1) is 0 Å². The van der Waals surface area contributed by atoms with Crippen LogP contribution in [0.3, 0.4) is 0 Å². The number of carbonyl (C=O) groups is 3. The lowest BCUT2D eigenvalue weighted by Crippen LogP contribution is -2.22. The second-order valence-electron chi connectivity index (χ2n) is 7.63. The van der Waals surface area contributed by atoms with Gasteiger partial charge in [0.15, 0.2) is 18.1 Å². The van der Waals surface area contributed by atoms with Gasteiger partial charge in [-0.2, -0.15) is 0 Å². The molecule has 0 saturated carbocycles. The zero-order valence-electron chi connectivity index (χ0n) is 19.7. The predicted octanol–water partition coefficient (Wildman–Crippen LogP) is 5.02. The van der Waals surface area contributed by atoms with E-state index >= 15 is 0 Å². The van der Waals surface area contributed by atoms with Gasteiger partial charge in [-0.05, 0) is 43.2 Å². The van der Waals surface area contributed by atoms with Crippen LogP contribution in [0.4, 0.5) is 11.4 Å². The first-order chi connectivity index (χ1) is 16.7. The number of amides is 2. The van der Waals surface area contributed by atoms with Gasteiger partial charge in [0.25, 0.3) is 11.8 Å². The average molecular weight is 497 g/mol. The van der Waals surface area contributed by atoms with Crippen LogP contribution >= 0.6 is 11.6 Å². The van der Waals surface area contributed by atoms with Crippen molar-refractivity contribution >= 4 is 40.8 Å². The SMILES string of the molecule is COc1cc(NC(=O)c2ccccc2Cl)c(C(=O)OCC(=O)Nc2cc(C)ccc2C)cc1OC. The molecule has 0 aromatic heterocycles. The molecule has 2 N–H and O–H groups in total. The van der Waals surface area contributed by atoms with E-state index in [1.165, 1.54) is 26.4 Å². The Kier molecular flexibility index (Phi) is 8.33. The molecular weight excluding hydrogens is 472 g/mol. The van der Waals surface area contributed by atoms with Crippen molar-refractivity contribution in [2.75, 3.05) is 31.5 Å². The highest BCUT2D eigenvalue weighted by atomic mass is 35.5. The fraction of sp³-hybridized carbons (Fsp3) is 0.192. The lowest BCUT2D eigenvalue weighted by Gasteiger charge is -2.16. The summed E-state index contributed by atoms with van der Waals surface area (Å²) in [5.74, 6) is -1.35. The molecule has 0 atom stereocenters. The average Bonchev–Trinajstić information content (AvgIpc) is 2.84. The van der Waals surface area contributed by atoms with E-state index in [9.17, 15) is 14.4 Å². The largest absolute Gasteiger partial charge is 0.493 e. The Labute approximate surface area is 208 Å². The third kappa shape index (κ3) is 6.30. The summed E-state index contributed by atoms with van der Waals surface area (Å²) in [5.41, 5.74) is 2.78. The van der Waals surface area contributed by atoms with Crippen molar-refractivity contribution in [3.8, 4) is 11.5 Å². The van der Waals surface area contributed by atoms with Crippen LogP contribution in [0.25, 0.3) is 0 Å². The maximum atomic E-state index is 12.9. The minimum Gasteiger partial charge on any atom is -0.493 e. The van der Waals surface area contributed by atoms with E-state index in [0.717, 1.165) is 11.1 Å². The molecule has 3 aromatic rings. The smallest absolute Gasteiger partial charge is 0.340 e. The number of benzene rings is 3. The van der Waals surface area contributed by atoms with E-state index in [2.05, 4.69) is 10.6 Å². The molecule has 2 amide bonds. The van der Waals surface area contributed by atoms with Gasteiger partial charge in [-0.3, -0.25) is 9.59 Å². The van der Waals surface area contributed by atoms with Gasteiger partial charge in [-0.25, -0.2) is 4.79 Å². The lowest BCUT2D eigenvalue weighted by molar-refractivity contribution is -0.119. The van der Waals surface area contributed by atoms with Crippen LogP contribution in [-0.4, -0.2) is 38.6 Å². The first-order valence-electron chi connectivity index (χ1n) is 10.6. The molecule has 0 aliphatic heterocycles. The molecule has 0 radical (unpaired) electrons. The Morgan fingerprint density at radius 2 is 1.51 bits per heavy atom. The van der Waals surface area contributed by atoms with Gasteiger partial charge in [-0.1, -0.05) is 35.9 Å². The minimum atomic E-state index is -0.837. The number of anilines is 2. The molecule has 0 fully saturated rings. The zero-order chi connectivity index (χ0) is 25.5. The quantitative estimate of drug-likeness (QED) is 0.424. The second kappa shape index (κ2) is 11.4. The molecule has 8 nitrogen and oxygen atoms in total. The molecule has 0 bridgehead atoms. The van der Waals surface area contributed by atoms with Crippen LogP contribution in [0.2, 0.25) is 5.02 Å². The van der Waals surface area contributed by atoms with Gasteiger partial charge in [0.05, 0.1) is 36.1 Å². The first kappa shape index (κ1) is 25.6. The monoisotopic (exact) mass is 496 g/mol. The predicted molar refractivity (Wildman–Crippen MR) is 134 cm³/mol. The molecule has 0 heterocycles. The molecule has 3 aromatic carbocycles. The third-order valence-corrected chi connectivity index (χ3v) is 5.44. The minimum absolute atomic E-state index is 0.0254. The summed E-state index contributed by atoms with van der Waals surface area (Å²) in [5, 5.41) is 5.63. The van der Waals surface area contributed by atoms with Crippen LogP contribution in [-0.2, 0) is 9.53 Å². The normalized spacial score (nSPS) is 10.3. The highest BCUT2D eigenvalue weighted by molar-refractivity contribution is 6.34. The topological polar surface area (TPSA) is 103 Å². The maximum absolute atomic E-state index is 12.9. The van der Waals surface area contributed by atoms with E-state index < -0.39 is 24.4 Å². The summed E-state index contributed by atoms with van der Waals surface area (Å²) < 4.78 is 15.8. The van der Waals surface area contributed by atoms with E-state index in [-0.39, 0.29) is 33.3 Å². The van der Waals surface area contributed by atoms with Gasteiger partial charge >= 0.3 is 5.97 Å². The Bertz CT molecular complexity index is 1270. The number of halogens is 1. The molecule has 0 saturated heterocycles. The second-order valence-corrected chi connectivity index (χ2v) is 8.04. The van der Waals surface area contributed by atoms with Crippen LogP contribution in [0, 0.1) is 13.8 Å². The van der Waals surface area contributed by atoms with E-state index in [0.29, 0.717) is 5.69 Å². The molecule has 3 rings (SSSR count). The summed E-state index contributed by atoms with van der Waals surface area (Å²) in [6.45, 7) is 3.24. The third-order valence-electron chi connectivity index (χ3n) is 5.11. The standard InChI is InChI=1S/C26H25ClN2O6/c1-15-9-10-16(2)20(11-15)28-24(30)14-35-26(32)18-12-22(33-3)23(34-4)13-21(18)29-25(31)17-7-5-6-8-19(17)27/h5-13H,14H2,1-4H3,(H,28,30)(H,29,31). The van der Waals surface area contributed by atoms with Crippen molar-refractivity contribution in [2.24, 2.45) is 0 Å². The maximum Gasteiger partial charge on any atom is 0.340 e. The summed E-state index contributed by atoms with van der Waals surface area (Å²) in [6, 6.07) is 14.9. The summed E-state index contributed by atoms with van der Waals surface area (Å²) in [7, 11) is 2.83. The number of rotatable bonds is 8. The van der Waals surface area contributed by atoms with E-state index in [4.69, 9.17) is 25.8 Å². The Morgan fingerprint density at radius 3 is 2.20 bits per heavy atom. The van der Waals surface area contributed by atoms with Crippen molar-refractivity contribution in [3.63, 3.8) is 0 Å². The van der Waals surface area contributed by atoms with Crippen LogP contribution in [0.1, 0.15) is 31.8 Å². The van der Waals surface area contributed by atoms with E-state index in [1.54, 1.807) is 24.3 Å².